The first kappa shape index (κ1) is 15.1. The number of rotatable bonds is 3. The summed E-state index contributed by atoms with van der Waals surface area (Å²) >= 11 is 1.91. The van der Waals surface area contributed by atoms with E-state index in [4.69, 9.17) is 4.74 Å². The Bertz CT molecular complexity index is 465. The molecule has 0 bridgehead atoms. The van der Waals surface area contributed by atoms with Gasteiger partial charge in [-0.05, 0) is 35.8 Å². The van der Waals surface area contributed by atoms with Crippen LogP contribution in [0, 0.1) is 5.92 Å². The number of benzene rings is 1. The molecule has 1 aromatic carbocycles. The van der Waals surface area contributed by atoms with Crippen LogP contribution in [0.15, 0.2) is 35.3 Å². The van der Waals surface area contributed by atoms with Gasteiger partial charge in [-0.25, -0.2) is 4.79 Å². The van der Waals surface area contributed by atoms with Gasteiger partial charge in [-0.1, -0.05) is 44.2 Å². The van der Waals surface area contributed by atoms with E-state index in [2.05, 4.69) is 4.99 Å². The van der Waals surface area contributed by atoms with E-state index in [0.717, 1.165) is 35.6 Å². The number of hydrogen-bond acceptors (Lipinski definition) is 3. The first-order valence-electron chi connectivity index (χ1n) is 7.09. The van der Waals surface area contributed by atoms with Gasteiger partial charge in [0.1, 0.15) is 6.10 Å². The van der Waals surface area contributed by atoms with Gasteiger partial charge in [0.15, 0.2) is 0 Å². The summed E-state index contributed by atoms with van der Waals surface area (Å²) in [5, 5.41) is 0. The van der Waals surface area contributed by atoms with Crippen molar-refractivity contribution in [3.63, 3.8) is 0 Å². The van der Waals surface area contributed by atoms with Crippen molar-refractivity contribution >= 4 is 23.6 Å². The average Bonchev–Trinajstić information content (AvgIpc) is 2.46. The van der Waals surface area contributed by atoms with Gasteiger partial charge in [-0.2, -0.15) is 16.8 Å². The molecular formula is C16H21NO2S. The van der Waals surface area contributed by atoms with Crippen LogP contribution in [-0.2, 0) is 4.74 Å². The minimum absolute atomic E-state index is 0.0386. The molecule has 1 fully saturated rings. The van der Waals surface area contributed by atoms with E-state index in [-0.39, 0.29) is 12.0 Å². The topological polar surface area (TPSA) is 38.7 Å². The molecule has 108 valence electrons. The predicted octanol–water partition coefficient (Wildman–Crippen LogP) is 4.16. The number of carbonyl (C=O) groups is 1. The zero-order valence-electron chi connectivity index (χ0n) is 12.0. The Morgan fingerprint density at radius 2 is 1.90 bits per heavy atom. The first-order chi connectivity index (χ1) is 9.66. The summed E-state index contributed by atoms with van der Waals surface area (Å²) in [5.74, 6) is 2.32. The van der Waals surface area contributed by atoms with Crippen molar-refractivity contribution in [3.05, 3.63) is 35.9 Å². The molecule has 0 aromatic heterocycles. The third kappa shape index (κ3) is 4.37. The molecule has 1 aliphatic heterocycles. The van der Waals surface area contributed by atoms with E-state index in [9.17, 15) is 4.79 Å². The van der Waals surface area contributed by atoms with Crippen molar-refractivity contribution in [2.45, 2.75) is 32.8 Å². The van der Waals surface area contributed by atoms with E-state index >= 15 is 0 Å². The maximum Gasteiger partial charge on any atom is 0.434 e. The fourth-order valence-corrected chi connectivity index (χ4v) is 3.26. The highest BCUT2D eigenvalue weighted by atomic mass is 32.2. The second kappa shape index (κ2) is 7.48. The molecule has 20 heavy (non-hydrogen) atoms. The van der Waals surface area contributed by atoms with Gasteiger partial charge in [0.05, 0.1) is 5.71 Å². The smallest absolute Gasteiger partial charge is 0.434 e. The van der Waals surface area contributed by atoms with Crippen LogP contribution >= 0.6 is 11.8 Å². The molecule has 2 rings (SSSR count). The fraction of sp³-hybridized carbons (Fsp3) is 0.500. The molecule has 1 aromatic rings. The third-order valence-corrected chi connectivity index (χ3v) is 4.31. The normalized spacial score (nSPS) is 17.2. The maximum absolute atomic E-state index is 12.0. The third-order valence-electron chi connectivity index (χ3n) is 3.26. The number of carbonyl (C=O) groups excluding carboxylic acids is 1. The molecule has 4 heteroatoms. The van der Waals surface area contributed by atoms with Crippen molar-refractivity contribution in [2.24, 2.45) is 10.9 Å². The lowest BCUT2D eigenvalue weighted by atomic mass is 10.0. The summed E-state index contributed by atoms with van der Waals surface area (Å²) in [7, 11) is 0. The van der Waals surface area contributed by atoms with Gasteiger partial charge in [0.2, 0.25) is 0 Å². The highest BCUT2D eigenvalue weighted by Crippen LogP contribution is 2.20. The van der Waals surface area contributed by atoms with Gasteiger partial charge in [-0.15, -0.1) is 0 Å². The van der Waals surface area contributed by atoms with Crippen molar-refractivity contribution in [1.82, 2.24) is 0 Å². The zero-order valence-corrected chi connectivity index (χ0v) is 12.9. The zero-order chi connectivity index (χ0) is 14.4. The minimum Gasteiger partial charge on any atom is -0.445 e. The lowest BCUT2D eigenvalue weighted by Crippen LogP contribution is -2.22. The van der Waals surface area contributed by atoms with Crippen molar-refractivity contribution in [1.29, 1.82) is 0 Å². The molecular weight excluding hydrogens is 270 g/mol. The Morgan fingerprint density at radius 1 is 1.25 bits per heavy atom. The summed E-state index contributed by atoms with van der Waals surface area (Å²) in [6, 6.07) is 9.82. The molecule has 0 radical (unpaired) electrons. The lowest BCUT2D eigenvalue weighted by Gasteiger charge is -2.20. The Labute approximate surface area is 124 Å². The molecule has 3 nitrogen and oxygen atoms in total. The van der Waals surface area contributed by atoms with Crippen LogP contribution < -0.4 is 0 Å². The van der Waals surface area contributed by atoms with Gasteiger partial charge >= 0.3 is 6.09 Å². The van der Waals surface area contributed by atoms with Crippen LogP contribution in [0.1, 0.15) is 32.3 Å². The van der Waals surface area contributed by atoms with E-state index < -0.39 is 6.09 Å². The van der Waals surface area contributed by atoms with Crippen LogP contribution in [-0.4, -0.2) is 29.4 Å². The highest BCUT2D eigenvalue weighted by molar-refractivity contribution is 7.99. The molecule has 0 aliphatic carbocycles. The van der Waals surface area contributed by atoms with Gasteiger partial charge in [0.25, 0.3) is 0 Å². The number of hydrogen-bond donors (Lipinski definition) is 0. The van der Waals surface area contributed by atoms with E-state index in [0.29, 0.717) is 0 Å². The van der Waals surface area contributed by atoms with E-state index in [1.807, 2.05) is 55.9 Å². The van der Waals surface area contributed by atoms with Crippen LogP contribution in [0.3, 0.4) is 0 Å². The average molecular weight is 291 g/mol. The maximum atomic E-state index is 12.0. The van der Waals surface area contributed by atoms with Crippen LogP contribution in [0.4, 0.5) is 4.79 Å². The number of aliphatic imine (C=N–C) groups is 1. The van der Waals surface area contributed by atoms with Gasteiger partial charge < -0.3 is 4.74 Å². The molecule has 1 amide bonds. The second-order valence-electron chi connectivity index (χ2n) is 5.21. The summed E-state index contributed by atoms with van der Waals surface area (Å²) < 4.78 is 5.45. The minimum atomic E-state index is -0.450. The highest BCUT2D eigenvalue weighted by Gasteiger charge is 2.19. The Hall–Kier alpha value is -1.29. The predicted molar refractivity (Wildman–Crippen MR) is 84.6 cm³/mol. The summed E-state index contributed by atoms with van der Waals surface area (Å²) in [5.41, 5.74) is 1.78. The van der Waals surface area contributed by atoms with Gasteiger partial charge in [-0.3, -0.25) is 0 Å². The van der Waals surface area contributed by atoms with Crippen LogP contribution in [0.2, 0.25) is 0 Å². The fourth-order valence-electron chi connectivity index (χ4n) is 2.20. The monoisotopic (exact) mass is 291 g/mol. The van der Waals surface area contributed by atoms with Crippen molar-refractivity contribution in [3.8, 4) is 0 Å². The number of thioether (sulfide) groups is 1. The standard InChI is InChI=1S/C16H21NO2S/c1-12(2)15(13-6-4-3-5-7-13)17-16(18)19-14-8-10-20-11-9-14/h3-7,12,14H,8-11H2,1-2H3/b17-15-. The largest absolute Gasteiger partial charge is 0.445 e. The van der Waals surface area contributed by atoms with Gasteiger partial charge in [0, 0.05) is 0 Å². The first-order valence-corrected chi connectivity index (χ1v) is 8.24. The Kier molecular flexibility index (Phi) is 5.65. The van der Waals surface area contributed by atoms with E-state index in [1.165, 1.54) is 0 Å². The van der Waals surface area contributed by atoms with Crippen LogP contribution in [0.25, 0.3) is 0 Å². The molecule has 0 atom stereocenters. The molecule has 1 saturated heterocycles. The molecule has 0 spiro atoms. The molecule has 0 N–H and O–H groups in total. The second-order valence-corrected chi connectivity index (χ2v) is 6.44. The molecule has 1 aliphatic rings. The van der Waals surface area contributed by atoms with Crippen molar-refractivity contribution < 1.29 is 9.53 Å². The Morgan fingerprint density at radius 3 is 2.50 bits per heavy atom. The summed E-state index contributed by atoms with van der Waals surface area (Å²) in [4.78, 5) is 16.2. The quantitative estimate of drug-likeness (QED) is 0.785. The summed E-state index contributed by atoms with van der Waals surface area (Å²) in [6.45, 7) is 4.08. The number of amides is 1. The molecule has 0 unspecified atom stereocenters. The number of ether oxygens (including phenoxy) is 1. The van der Waals surface area contributed by atoms with Crippen LogP contribution in [0.5, 0.6) is 0 Å². The SMILES string of the molecule is CC(C)/C(=N/C(=O)OC1CCSCC1)c1ccccc1. The van der Waals surface area contributed by atoms with E-state index in [1.54, 1.807) is 0 Å². The summed E-state index contributed by atoms with van der Waals surface area (Å²) in [6.07, 6.45) is 1.47. The number of nitrogens with zero attached hydrogens (tertiary/aromatic N) is 1. The molecule has 0 saturated carbocycles. The molecule has 1 heterocycles. The van der Waals surface area contributed by atoms with Crippen molar-refractivity contribution in [2.75, 3.05) is 11.5 Å². The lowest BCUT2D eigenvalue weighted by molar-refractivity contribution is 0.102. The Balaban J connectivity index is 2.06.